The average Bonchev–Trinajstić information content (AvgIpc) is 3.26. The Labute approximate surface area is 346 Å². The molecule has 0 saturated heterocycles. The molecule has 4 heteroatoms. The Morgan fingerprint density at radius 2 is 0.667 bits per heavy atom. The van der Waals surface area contributed by atoms with Crippen LogP contribution in [0.25, 0.3) is 33.4 Å². The minimum atomic E-state index is 0.801. The fourth-order valence-corrected chi connectivity index (χ4v) is 6.92. The number of benzene rings is 4. The second kappa shape index (κ2) is 28.0. The Hall–Kier alpha value is -4.44. The number of ether oxygens (including phenoxy) is 2. The van der Waals surface area contributed by atoms with Crippen LogP contribution in [0.3, 0.4) is 0 Å². The van der Waals surface area contributed by atoms with Crippen LogP contribution in [-0.2, 0) is 12.8 Å². The Morgan fingerprint density at radius 3 is 1.16 bits per heavy atom. The van der Waals surface area contributed by atoms with Crippen molar-refractivity contribution < 1.29 is 9.47 Å². The zero-order valence-corrected chi connectivity index (χ0v) is 36.0. The predicted octanol–water partition coefficient (Wildman–Crippen LogP) is 15.7. The zero-order valence-electron chi connectivity index (χ0n) is 36.0. The lowest BCUT2D eigenvalue weighted by Crippen LogP contribution is -1.97. The summed E-state index contributed by atoms with van der Waals surface area (Å²) in [4.78, 5) is 9.09. The SMILES string of the molecule is CCCCCCCCc1ncc(-c2ccc(OCCCCCC)cc2)cn1.CCCCCCc1ccc(-c2ccc(-c3ccc(OCCCCC)cc3)cc2)cc1. The van der Waals surface area contributed by atoms with Crippen molar-refractivity contribution in [3.8, 4) is 44.9 Å². The van der Waals surface area contributed by atoms with E-state index < -0.39 is 0 Å². The highest BCUT2D eigenvalue weighted by atomic mass is 16.5. The van der Waals surface area contributed by atoms with Crippen molar-refractivity contribution in [1.29, 1.82) is 0 Å². The molecule has 0 atom stereocenters. The molecular formula is C53H72N2O2. The highest BCUT2D eigenvalue weighted by molar-refractivity contribution is 5.71. The first kappa shape index (κ1) is 45.3. The number of aromatic nitrogens is 2. The lowest BCUT2D eigenvalue weighted by atomic mass is 9.98. The molecule has 0 saturated carbocycles. The molecule has 0 radical (unpaired) electrons. The van der Waals surface area contributed by atoms with Crippen molar-refractivity contribution in [2.45, 2.75) is 150 Å². The van der Waals surface area contributed by atoms with Gasteiger partial charge >= 0.3 is 0 Å². The van der Waals surface area contributed by atoms with E-state index in [0.29, 0.717) is 0 Å². The van der Waals surface area contributed by atoms with Gasteiger partial charge in [-0.1, -0.05) is 184 Å². The predicted molar refractivity (Wildman–Crippen MR) is 244 cm³/mol. The summed E-state index contributed by atoms with van der Waals surface area (Å²) in [5.41, 5.74) is 8.68. The molecule has 1 heterocycles. The van der Waals surface area contributed by atoms with Gasteiger partial charge in [-0.25, -0.2) is 9.97 Å². The monoisotopic (exact) mass is 769 g/mol. The molecule has 4 nitrogen and oxygen atoms in total. The van der Waals surface area contributed by atoms with Crippen LogP contribution >= 0.6 is 0 Å². The molecule has 0 aliphatic heterocycles. The van der Waals surface area contributed by atoms with E-state index in [1.54, 1.807) is 0 Å². The van der Waals surface area contributed by atoms with E-state index in [0.717, 1.165) is 60.9 Å². The van der Waals surface area contributed by atoms with Crippen LogP contribution in [0.2, 0.25) is 0 Å². The molecule has 57 heavy (non-hydrogen) atoms. The Morgan fingerprint density at radius 1 is 0.333 bits per heavy atom. The summed E-state index contributed by atoms with van der Waals surface area (Å²) in [6.07, 6.45) is 27.7. The van der Waals surface area contributed by atoms with Gasteiger partial charge in [-0.05, 0) is 89.8 Å². The number of unbranched alkanes of at least 4 members (excludes halogenated alkanes) is 13. The standard InChI is InChI=1S/C29H36O.C24H36N2O/c1-3-5-7-8-10-24-11-13-25(14-12-24)26-15-17-27(18-16-26)28-19-21-29(22-20-28)30-23-9-6-4-2;1-3-5-7-9-10-11-13-24-25-19-22(20-26-24)21-14-16-23(17-15-21)27-18-12-8-6-4-2/h11-22H,3-10,23H2,1-2H3;14-17,19-20H,3-13,18H2,1-2H3. The van der Waals surface area contributed by atoms with E-state index in [1.165, 1.54) is 131 Å². The summed E-state index contributed by atoms with van der Waals surface area (Å²) >= 11 is 0. The van der Waals surface area contributed by atoms with Crippen LogP contribution in [0.1, 0.15) is 148 Å². The van der Waals surface area contributed by atoms with E-state index in [-0.39, 0.29) is 0 Å². The molecule has 0 unspecified atom stereocenters. The molecule has 5 rings (SSSR count). The van der Waals surface area contributed by atoms with Crippen molar-refractivity contribution in [3.63, 3.8) is 0 Å². The van der Waals surface area contributed by atoms with Crippen molar-refractivity contribution in [2.24, 2.45) is 0 Å². The summed E-state index contributed by atoms with van der Waals surface area (Å²) in [7, 11) is 0. The molecule has 0 bridgehead atoms. The molecule has 0 spiro atoms. The van der Waals surface area contributed by atoms with E-state index in [2.05, 4.69) is 123 Å². The smallest absolute Gasteiger partial charge is 0.128 e. The summed E-state index contributed by atoms with van der Waals surface area (Å²) in [5.74, 6) is 2.86. The lowest BCUT2D eigenvalue weighted by molar-refractivity contribution is 0.305. The number of hydrogen-bond donors (Lipinski definition) is 0. The first-order valence-electron chi connectivity index (χ1n) is 22.6. The van der Waals surface area contributed by atoms with Crippen LogP contribution in [0, 0.1) is 0 Å². The third kappa shape index (κ3) is 17.7. The molecule has 306 valence electrons. The molecule has 5 aromatic rings. The minimum absolute atomic E-state index is 0.801. The van der Waals surface area contributed by atoms with Gasteiger partial charge in [-0.2, -0.15) is 0 Å². The quantitative estimate of drug-likeness (QED) is 0.0526. The first-order chi connectivity index (χ1) is 28.1. The van der Waals surface area contributed by atoms with Gasteiger partial charge in [-0.15, -0.1) is 0 Å². The fourth-order valence-electron chi connectivity index (χ4n) is 6.92. The van der Waals surface area contributed by atoms with E-state index in [1.807, 2.05) is 24.5 Å². The summed E-state index contributed by atoms with van der Waals surface area (Å²) in [6, 6.07) is 34.7. The molecule has 0 fully saturated rings. The first-order valence-corrected chi connectivity index (χ1v) is 22.6. The molecule has 0 aliphatic rings. The van der Waals surface area contributed by atoms with Crippen molar-refractivity contribution >= 4 is 0 Å². The van der Waals surface area contributed by atoms with Gasteiger partial charge in [0.05, 0.1) is 13.2 Å². The lowest BCUT2D eigenvalue weighted by Gasteiger charge is -2.08. The van der Waals surface area contributed by atoms with Crippen LogP contribution in [0.4, 0.5) is 0 Å². The molecule has 0 N–H and O–H groups in total. The largest absolute Gasteiger partial charge is 0.494 e. The number of hydrogen-bond acceptors (Lipinski definition) is 4. The van der Waals surface area contributed by atoms with Gasteiger partial charge in [0.1, 0.15) is 17.3 Å². The molecule has 0 amide bonds. The highest BCUT2D eigenvalue weighted by Gasteiger charge is 2.05. The summed E-state index contributed by atoms with van der Waals surface area (Å²) in [5, 5.41) is 0. The van der Waals surface area contributed by atoms with Crippen LogP contribution in [0.15, 0.2) is 109 Å². The number of nitrogens with zero attached hydrogens (tertiary/aromatic N) is 2. The maximum Gasteiger partial charge on any atom is 0.128 e. The van der Waals surface area contributed by atoms with Gasteiger partial charge in [0, 0.05) is 24.4 Å². The van der Waals surface area contributed by atoms with E-state index in [4.69, 9.17) is 9.47 Å². The molecular weight excluding hydrogens is 697 g/mol. The second-order valence-electron chi connectivity index (χ2n) is 15.5. The molecule has 4 aromatic carbocycles. The number of rotatable bonds is 26. The third-order valence-electron chi connectivity index (χ3n) is 10.6. The van der Waals surface area contributed by atoms with Crippen molar-refractivity contribution in [2.75, 3.05) is 13.2 Å². The van der Waals surface area contributed by atoms with Crippen LogP contribution < -0.4 is 9.47 Å². The minimum Gasteiger partial charge on any atom is -0.494 e. The third-order valence-corrected chi connectivity index (χ3v) is 10.6. The second-order valence-corrected chi connectivity index (χ2v) is 15.5. The van der Waals surface area contributed by atoms with Crippen molar-refractivity contribution in [1.82, 2.24) is 9.97 Å². The van der Waals surface area contributed by atoms with Gasteiger partial charge in [0.15, 0.2) is 0 Å². The Balaban J connectivity index is 0.000000254. The average molecular weight is 769 g/mol. The van der Waals surface area contributed by atoms with E-state index in [9.17, 15) is 0 Å². The van der Waals surface area contributed by atoms with E-state index >= 15 is 0 Å². The summed E-state index contributed by atoms with van der Waals surface area (Å²) in [6.45, 7) is 10.6. The normalized spacial score (nSPS) is 10.9. The van der Waals surface area contributed by atoms with Crippen molar-refractivity contribution in [3.05, 3.63) is 121 Å². The van der Waals surface area contributed by atoms with Gasteiger partial charge < -0.3 is 9.47 Å². The Kier molecular flexibility index (Phi) is 22.3. The maximum absolute atomic E-state index is 5.82. The van der Waals surface area contributed by atoms with Crippen LogP contribution in [-0.4, -0.2) is 23.2 Å². The highest BCUT2D eigenvalue weighted by Crippen LogP contribution is 2.27. The van der Waals surface area contributed by atoms with Gasteiger partial charge in [0.25, 0.3) is 0 Å². The zero-order chi connectivity index (χ0) is 40.2. The topological polar surface area (TPSA) is 44.2 Å². The molecule has 0 aliphatic carbocycles. The van der Waals surface area contributed by atoms with Crippen LogP contribution in [0.5, 0.6) is 11.5 Å². The molecule has 1 aromatic heterocycles. The van der Waals surface area contributed by atoms with Gasteiger partial charge in [0.2, 0.25) is 0 Å². The maximum atomic E-state index is 5.82. The van der Waals surface area contributed by atoms with Gasteiger partial charge in [-0.3, -0.25) is 0 Å². The fraction of sp³-hybridized carbons (Fsp3) is 0.472. The summed E-state index contributed by atoms with van der Waals surface area (Å²) < 4.78 is 11.6. The Bertz CT molecular complexity index is 1640. The number of aryl methyl sites for hydroxylation is 2.